The molecule has 0 aliphatic carbocycles. The van der Waals surface area contributed by atoms with Crippen LogP contribution in [0.25, 0.3) is 0 Å². The summed E-state index contributed by atoms with van der Waals surface area (Å²) in [5.74, 6) is -5.57. The van der Waals surface area contributed by atoms with E-state index in [1.165, 1.54) is 0 Å². The number of carbonyl (C=O) groups excluding carboxylic acids is 1. The number of halogens is 3. The highest BCUT2D eigenvalue weighted by molar-refractivity contribution is 7.88. The summed E-state index contributed by atoms with van der Waals surface area (Å²) in [5, 5.41) is 1.90. The molecule has 1 aromatic carbocycles. The molecule has 1 amide bonds. The summed E-state index contributed by atoms with van der Waals surface area (Å²) in [4.78, 5) is 11.2. The second-order valence-corrected chi connectivity index (χ2v) is 5.20. The topological polar surface area (TPSA) is 75.3 Å². The van der Waals surface area contributed by atoms with E-state index in [0.717, 1.165) is 12.3 Å². The first-order valence-corrected chi connectivity index (χ1v) is 6.48. The molecule has 2 N–H and O–H groups in total. The lowest BCUT2D eigenvalue weighted by Crippen LogP contribution is -2.32. The average molecular weight is 282 g/mol. The van der Waals surface area contributed by atoms with E-state index in [4.69, 9.17) is 0 Å². The summed E-state index contributed by atoms with van der Waals surface area (Å²) in [6.07, 6.45) is 0.832. The van der Waals surface area contributed by atoms with E-state index in [9.17, 15) is 26.4 Å². The van der Waals surface area contributed by atoms with Crippen molar-refractivity contribution in [2.75, 3.05) is 18.1 Å². The third kappa shape index (κ3) is 4.00. The zero-order valence-electron chi connectivity index (χ0n) is 9.13. The van der Waals surface area contributed by atoms with Crippen LogP contribution >= 0.6 is 0 Å². The molecule has 0 aliphatic heterocycles. The first-order valence-electron chi connectivity index (χ1n) is 4.58. The quantitative estimate of drug-likeness (QED) is 0.794. The van der Waals surface area contributed by atoms with Crippen LogP contribution in [-0.4, -0.2) is 27.1 Å². The molecule has 0 saturated heterocycles. The molecular weight excluding hydrogens is 273 g/mol. The molecule has 1 aromatic rings. The molecule has 0 unspecified atom stereocenters. The lowest BCUT2D eigenvalue weighted by molar-refractivity contribution is -0.115. The van der Waals surface area contributed by atoms with Crippen LogP contribution in [0.3, 0.4) is 0 Å². The number of carbonyl (C=O) groups is 1. The number of sulfonamides is 1. The lowest BCUT2D eigenvalue weighted by Gasteiger charge is -2.07. The minimum atomic E-state index is -3.58. The van der Waals surface area contributed by atoms with Crippen LogP contribution in [0.4, 0.5) is 18.9 Å². The van der Waals surface area contributed by atoms with Gasteiger partial charge in [-0.2, -0.15) is 0 Å². The molecule has 0 saturated carbocycles. The largest absolute Gasteiger partial charge is 0.322 e. The van der Waals surface area contributed by atoms with Crippen molar-refractivity contribution in [3.8, 4) is 0 Å². The van der Waals surface area contributed by atoms with Crippen molar-refractivity contribution in [3.05, 3.63) is 29.6 Å². The molecule has 0 atom stereocenters. The van der Waals surface area contributed by atoms with Gasteiger partial charge in [0.25, 0.3) is 0 Å². The summed E-state index contributed by atoms with van der Waals surface area (Å²) >= 11 is 0. The summed E-state index contributed by atoms with van der Waals surface area (Å²) < 4.78 is 61.7. The van der Waals surface area contributed by atoms with E-state index in [1.54, 1.807) is 0 Å². The fourth-order valence-corrected chi connectivity index (χ4v) is 1.41. The number of rotatable bonds is 4. The van der Waals surface area contributed by atoms with Crippen LogP contribution in [-0.2, 0) is 14.8 Å². The molecule has 0 heterocycles. The number of hydrogen-bond donors (Lipinski definition) is 2. The predicted molar refractivity (Wildman–Crippen MR) is 57.8 cm³/mol. The minimum Gasteiger partial charge on any atom is -0.322 e. The van der Waals surface area contributed by atoms with E-state index < -0.39 is 45.6 Å². The number of hydrogen-bond acceptors (Lipinski definition) is 3. The van der Waals surface area contributed by atoms with Gasteiger partial charge >= 0.3 is 0 Å². The van der Waals surface area contributed by atoms with Crippen LogP contribution in [0.15, 0.2) is 12.1 Å². The maximum atomic E-state index is 13.1. The Bertz CT molecular complexity index is 575. The molecule has 5 nitrogen and oxygen atoms in total. The van der Waals surface area contributed by atoms with Crippen LogP contribution < -0.4 is 10.0 Å². The van der Waals surface area contributed by atoms with Gasteiger partial charge in [0.1, 0.15) is 0 Å². The first kappa shape index (κ1) is 14.5. The Kier molecular flexibility index (Phi) is 4.30. The van der Waals surface area contributed by atoms with Crippen molar-refractivity contribution in [3.63, 3.8) is 0 Å². The second kappa shape index (κ2) is 5.36. The third-order valence-electron chi connectivity index (χ3n) is 1.80. The zero-order valence-corrected chi connectivity index (χ0v) is 9.95. The van der Waals surface area contributed by atoms with Crippen molar-refractivity contribution in [1.29, 1.82) is 0 Å². The Balaban J connectivity index is 2.74. The smallest absolute Gasteiger partial charge is 0.239 e. The van der Waals surface area contributed by atoms with Gasteiger partial charge in [-0.3, -0.25) is 4.79 Å². The van der Waals surface area contributed by atoms with Crippen molar-refractivity contribution in [2.45, 2.75) is 0 Å². The van der Waals surface area contributed by atoms with Gasteiger partial charge in [0.05, 0.1) is 18.5 Å². The molecule has 0 bridgehead atoms. The fraction of sp³-hybridized carbons (Fsp3) is 0.222. The molecule has 100 valence electrons. The number of nitrogens with one attached hydrogen (secondary N) is 2. The van der Waals surface area contributed by atoms with Gasteiger partial charge in [-0.1, -0.05) is 0 Å². The van der Waals surface area contributed by atoms with E-state index in [-0.39, 0.29) is 0 Å². The third-order valence-corrected chi connectivity index (χ3v) is 2.47. The average Bonchev–Trinajstić information content (AvgIpc) is 2.26. The van der Waals surface area contributed by atoms with Gasteiger partial charge in [-0.05, 0) is 12.1 Å². The van der Waals surface area contributed by atoms with Crippen LogP contribution in [0, 0.1) is 17.5 Å². The van der Waals surface area contributed by atoms with Gasteiger partial charge in [0.15, 0.2) is 17.5 Å². The zero-order chi connectivity index (χ0) is 13.9. The molecule has 18 heavy (non-hydrogen) atoms. The SMILES string of the molecule is CS(=O)(=O)NCC(=O)Nc1ccc(F)c(F)c1F. The van der Waals surface area contributed by atoms with Gasteiger partial charge < -0.3 is 5.32 Å². The monoisotopic (exact) mass is 282 g/mol. The highest BCUT2D eigenvalue weighted by atomic mass is 32.2. The number of amides is 1. The highest BCUT2D eigenvalue weighted by Crippen LogP contribution is 2.19. The Morgan fingerprint density at radius 3 is 2.39 bits per heavy atom. The van der Waals surface area contributed by atoms with Crippen molar-refractivity contribution in [2.24, 2.45) is 0 Å². The Hall–Kier alpha value is -1.61. The Labute approximate surface area is 101 Å². The number of anilines is 1. The molecule has 0 radical (unpaired) electrons. The summed E-state index contributed by atoms with van der Waals surface area (Å²) in [6, 6.07) is 1.46. The maximum Gasteiger partial charge on any atom is 0.239 e. The van der Waals surface area contributed by atoms with Crippen molar-refractivity contribution in [1.82, 2.24) is 4.72 Å². The maximum absolute atomic E-state index is 13.1. The van der Waals surface area contributed by atoms with E-state index in [1.807, 2.05) is 10.0 Å². The summed E-state index contributed by atoms with van der Waals surface area (Å²) in [5.41, 5.74) is -0.575. The fourth-order valence-electron chi connectivity index (χ4n) is 1.01. The summed E-state index contributed by atoms with van der Waals surface area (Å²) in [6.45, 7) is -0.642. The van der Waals surface area contributed by atoms with Crippen LogP contribution in [0.1, 0.15) is 0 Å². The molecule has 0 spiro atoms. The Morgan fingerprint density at radius 2 is 1.83 bits per heavy atom. The van der Waals surface area contributed by atoms with Gasteiger partial charge in [0.2, 0.25) is 15.9 Å². The summed E-state index contributed by atoms with van der Waals surface area (Å²) in [7, 11) is -3.58. The normalized spacial score (nSPS) is 11.3. The molecule has 1 rings (SSSR count). The lowest BCUT2D eigenvalue weighted by atomic mass is 10.3. The van der Waals surface area contributed by atoms with E-state index in [0.29, 0.717) is 6.07 Å². The first-order chi connectivity index (χ1) is 8.20. The van der Waals surface area contributed by atoms with Crippen LogP contribution in [0.2, 0.25) is 0 Å². The number of benzene rings is 1. The minimum absolute atomic E-state index is 0.575. The van der Waals surface area contributed by atoms with Gasteiger partial charge in [-0.25, -0.2) is 26.3 Å². The van der Waals surface area contributed by atoms with Gasteiger partial charge in [0, 0.05) is 0 Å². The van der Waals surface area contributed by atoms with Crippen molar-refractivity contribution >= 4 is 21.6 Å². The molecule has 0 aliphatic rings. The highest BCUT2D eigenvalue weighted by Gasteiger charge is 2.15. The van der Waals surface area contributed by atoms with Crippen LogP contribution in [0.5, 0.6) is 0 Å². The standard InChI is InChI=1S/C9H9F3N2O3S/c1-18(16,17)13-4-7(15)14-6-3-2-5(10)8(11)9(6)12/h2-3,13H,4H2,1H3,(H,14,15). The second-order valence-electron chi connectivity index (χ2n) is 3.36. The Morgan fingerprint density at radius 1 is 1.22 bits per heavy atom. The molecule has 9 heteroatoms. The van der Waals surface area contributed by atoms with Gasteiger partial charge in [-0.15, -0.1) is 0 Å². The molecule has 0 fully saturated rings. The predicted octanol–water partition coefficient (Wildman–Crippen LogP) is 0.592. The van der Waals surface area contributed by atoms with E-state index in [2.05, 4.69) is 0 Å². The molecule has 0 aromatic heterocycles. The van der Waals surface area contributed by atoms with E-state index >= 15 is 0 Å². The molecular formula is C9H9F3N2O3S. The van der Waals surface area contributed by atoms with Crippen molar-refractivity contribution < 1.29 is 26.4 Å².